The smallest absolute Gasteiger partial charge is 0.248 e. The van der Waals surface area contributed by atoms with Crippen molar-refractivity contribution in [3.8, 4) is 11.5 Å². The predicted molar refractivity (Wildman–Crippen MR) is 79.3 cm³/mol. The minimum absolute atomic E-state index is 0.319. The standard InChI is InChI=1S/C15H13ClN2O2/c1-3-15(19)18-14-9-13(8-10(2)17-14)20-12-6-4-11(16)5-7-12/h3-9H,1H2,2H3,(H,17,18,19). The maximum Gasteiger partial charge on any atom is 0.248 e. The molecule has 0 unspecified atom stereocenters. The molecule has 0 aliphatic heterocycles. The number of benzene rings is 1. The van der Waals surface area contributed by atoms with Gasteiger partial charge in [0.1, 0.15) is 17.3 Å². The summed E-state index contributed by atoms with van der Waals surface area (Å²) in [6, 6.07) is 10.4. The third-order valence-electron chi connectivity index (χ3n) is 2.41. The van der Waals surface area contributed by atoms with E-state index in [4.69, 9.17) is 16.3 Å². The Labute approximate surface area is 122 Å². The number of rotatable bonds is 4. The molecule has 2 rings (SSSR count). The third kappa shape index (κ3) is 3.83. The number of carbonyl (C=O) groups excluding carboxylic acids is 1. The van der Waals surface area contributed by atoms with Crippen LogP contribution in [-0.4, -0.2) is 10.9 Å². The number of aryl methyl sites for hydroxylation is 1. The summed E-state index contributed by atoms with van der Waals surface area (Å²) in [4.78, 5) is 15.5. The molecule has 0 bridgehead atoms. The van der Waals surface area contributed by atoms with Gasteiger partial charge < -0.3 is 10.1 Å². The van der Waals surface area contributed by atoms with Crippen molar-refractivity contribution in [1.82, 2.24) is 4.98 Å². The van der Waals surface area contributed by atoms with Gasteiger partial charge in [0.25, 0.3) is 0 Å². The lowest BCUT2D eigenvalue weighted by atomic mass is 10.3. The van der Waals surface area contributed by atoms with Gasteiger partial charge in [-0.3, -0.25) is 4.79 Å². The predicted octanol–water partition coefficient (Wildman–Crippen LogP) is 3.96. The van der Waals surface area contributed by atoms with Crippen LogP contribution in [0.1, 0.15) is 5.69 Å². The zero-order chi connectivity index (χ0) is 14.5. The van der Waals surface area contributed by atoms with Crippen molar-refractivity contribution in [3.05, 3.63) is 59.8 Å². The molecule has 1 amide bonds. The lowest BCUT2D eigenvalue weighted by Crippen LogP contribution is -2.09. The van der Waals surface area contributed by atoms with Gasteiger partial charge in [-0.05, 0) is 37.3 Å². The molecule has 102 valence electrons. The Morgan fingerprint density at radius 3 is 2.65 bits per heavy atom. The summed E-state index contributed by atoms with van der Waals surface area (Å²) in [6.07, 6.45) is 1.18. The van der Waals surface area contributed by atoms with Crippen LogP contribution in [0.15, 0.2) is 49.1 Å². The Morgan fingerprint density at radius 2 is 2.00 bits per heavy atom. The van der Waals surface area contributed by atoms with Crippen LogP contribution in [0.5, 0.6) is 11.5 Å². The van der Waals surface area contributed by atoms with E-state index >= 15 is 0 Å². The van der Waals surface area contributed by atoms with Crippen LogP contribution in [0.3, 0.4) is 0 Å². The number of nitrogens with zero attached hydrogens (tertiary/aromatic N) is 1. The molecular formula is C15H13ClN2O2. The molecule has 1 aromatic carbocycles. The highest BCUT2D eigenvalue weighted by Crippen LogP contribution is 2.25. The van der Waals surface area contributed by atoms with Crippen molar-refractivity contribution in [2.24, 2.45) is 0 Å². The molecule has 0 aliphatic rings. The number of aromatic nitrogens is 1. The summed E-state index contributed by atoms with van der Waals surface area (Å²) in [5.41, 5.74) is 0.732. The summed E-state index contributed by atoms with van der Waals surface area (Å²) < 4.78 is 5.69. The number of amides is 1. The summed E-state index contributed by atoms with van der Waals surface area (Å²) in [5.74, 6) is 1.33. The molecule has 1 aromatic heterocycles. The third-order valence-corrected chi connectivity index (χ3v) is 2.66. The second-order valence-electron chi connectivity index (χ2n) is 4.08. The Bertz CT molecular complexity index is 639. The number of anilines is 1. The largest absolute Gasteiger partial charge is 0.457 e. The number of nitrogens with one attached hydrogen (secondary N) is 1. The number of hydrogen-bond acceptors (Lipinski definition) is 3. The zero-order valence-corrected chi connectivity index (χ0v) is 11.6. The van der Waals surface area contributed by atoms with Crippen LogP contribution >= 0.6 is 11.6 Å². The molecule has 4 nitrogen and oxygen atoms in total. The highest BCUT2D eigenvalue weighted by Gasteiger charge is 2.05. The maximum atomic E-state index is 11.3. The Kier molecular flexibility index (Phi) is 4.38. The Balaban J connectivity index is 2.21. The maximum absolute atomic E-state index is 11.3. The lowest BCUT2D eigenvalue weighted by molar-refractivity contribution is -0.111. The number of halogens is 1. The quantitative estimate of drug-likeness (QED) is 0.866. The van der Waals surface area contributed by atoms with E-state index in [0.717, 1.165) is 5.69 Å². The Morgan fingerprint density at radius 1 is 1.30 bits per heavy atom. The molecular weight excluding hydrogens is 276 g/mol. The van der Waals surface area contributed by atoms with Crippen molar-refractivity contribution >= 4 is 23.3 Å². The highest BCUT2D eigenvalue weighted by atomic mass is 35.5. The normalized spacial score (nSPS) is 9.90. The molecule has 0 saturated heterocycles. The van der Waals surface area contributed by atoms with E-state index in [2.05, 4.69) is 16.9 Å². The summed E-state index contributed by atoms with van der Waals surface area (Å²) in [7, 11) is 0. The van der Waals surface area contributed by atoms with Crippen LogP contribution in [0.2, 0.25) is 5.02 Å². The van der Waals surface area contributed by atoms with Gasteiger partial charge in [0.15, 0.2) is 0 Å². The fourth-order valence-electron chi connectivity index (χ4n) is 1.58. The second kappa shape index (κ2) is 6.21. The number of carbonyl (C=O) groups is 1. The molecule has 0 fully saturated rings. The average Bonchev–Trinajstić information content (AvgIpc) is 2.40. The van der Waals surface area contributed by atoms with Crippen molar-refractivity contribution in [2.45, 2.75) is 6.92 Å². The summed E-state index contributed by atoms with van der Waals surface area (Å²) in [6.45, 7) is 5.21. The van der Waals surface area contributed by atoms with E-state index in [-0.39, 0.29) is 5.91 Å². The molecule has 0 aliphatic carbocycles. The molecule has 0 atom stereocenters. The average molecular weight is 289 g/mol. The van der Waals surface area contributed by atoms with Gasteiger partial charge in [-0.15, -0.1) is 0 Å². The van der Waals surface area contributed by atoms with E-state index in [0.29, 0.717) is 22.3 Å². The van der Waals surface area contributed by atoms with Gasteiger partial charge in [-0.25, -0.2) is 4.98 Å². The number of ether oxygens (including phenoxy) is 1. The first-order chi connectivity index (χ1) is 9.56. The van der Waals surface area contributed by atoms with Crippen LogP contribution in [0, 0.1) is 6.92 Å². The molecule has 0 spiro atoms. The minimum atomic E-state index is -0.319. The van der Waals surface area contributed by atoms with Crippen LogP contribution in [0.25, 0.3) is 0 Å². The van der Waals surface area contributed by atoms with Crippen LogP contribution in [-0.2, 0) is 4.79 Å². The number of hydrogen-bond donors (Lipinski definition) is 1. The first kappa shape index (κ1) is 14.1. The SMILES string of the molecule is C=CC(=O)Nc1cc(Oc2ccc(Cl)cc2)cc(C)n1. The van der Waals surface area contributed by atoms with Crippen molar-refractivity contribution in [2.75, 3.05) is 5.32 Å². The molecule has 1 heterocycles. The first-order valence-corrected chi connectivity index (χ1v) is 6.30. The highest BCUT2D eigenvalue weighted by molar-refractivity contribution is 6.30. The summed E-state index contributed by atoms with van der Waals surface area (Å²) >= 11 is 5.82. The van der Waals surface area contributed by atoms with Gasteiger partial charge in [-0.2, -0.15) is 0 Å². The monoisotopic (exact) mass is 288 g/mol. The van der Waals surface area contributed by atoms with Gasteiger partial charge in [0.05, 0.1) is 0 Å². The molecule has 0 saturated carbocycles. The molecule has 20 heavy (non-hydrogen) atoms. The minimum Gasteiger partial charge on any atom is -0.457 e. The van der Waals surface area contributed by atoms with Gasteiger partial charge >= 0.3 is 0 Å². The van der Waals surface area contributed by atoms with E-state index in [9.17, 15) is 4.79 Å². The van der Waals surface area contributed by atoms with Crippen LogP contribution in [0.4, 0.5) is 5.82 Å². The lowest BCUT2D eigenvalue weighted by Gasteiger charge is -2.09. The van der Waals surface area contributed by atoms with Gasteiger partial charge in [-0.1, -0.05) is 18.2 Å². The van der Waals surface area contributed by atoms with Gasteiger partial charge in [0.2, 0.25) is 5.91 Å². The van der Waals surface area contributed by atoms with Crippen molar-refractivity contribution < 1.29 is 9.53 Å². The van der Waals surface area contributed by atoms with Crippen molar-refractivity contribution in [1.29, 1.82) is 0 Å². The number of pyridine rings is 1. The topological polar surface area (TPSA) is 51.2 Å². The molecule has 1 N–H and O–H groups in total. The fraction of sp³-hybridized carbons (Fsp3) is 0.0667. The van der Waals surface area contributed by atoms with Crippen molar-refractivity contribution in [3.63, 3.8) is 0 Å². The van der Waals surface area contributed by atoms with E-state index in [1.807, 2.05) is 6.92 Å². The fourth-order valence-corrected chi connectivity index (χ4v) is 1.70. The van der Waals surface area contributed by atoms with Crippen LogP contribution < -0.4 is 10.1 Å². The first-order valence-electron chi connectivity index (χ1n) is 5.92. The van der Waals surface area contributed by atoms with E-state index in [1.54, 1.807) is 36.4 Å². The Hall–Kier alpha value is -2.33. The zero-order valence-electron chi connectivity index (χ0n) is 10.9. The molecule has 0 radical (unpaired) electrons. The van der Waals surface area contributed by atoms with E-state index in [1.165, 1.54) is 6.08 Å². The summed E-state index contributed by atoms with van der Waals surface area (Å²) in [5, 5.41) is 3.24. The van der Waals surface area contributed by atoms with Gasteiger partial charge in [0, 0.05) is 22.8 Å². The van der Waals surface area contributed by atoms with E-state index < -0.39 is 0 Å². The second-order valence-corrected chi connectivity index (χ2v) is 4.52. The molecule has 5 heteroatoms. The molecule has 2 aromatic rings.